The lowest BCUT2D eigenvalue weighted by molar-refractivity contribution is 0.552. The summed E-state index contributed by atoms with van der Waals surface area (Å²) in [6.45, 7) is 1.73. The first-order chi connectivity index (χ1) is 6.75. The predicted molar refractivity (Wildman–Crippen MR) is 60.8 cm³/mol. The van der Waals surface area contributed by atoms with Crippen molar-refractivity contribution in [2.45, 2.75) is 38.5 Å². The van der Waals surface area contributed by atoms with Crippen molar-refractivity contribution in [2.75, 3.05) is 20.1 Å². The Labute approximate surface area is 87.0 Å². The molecule has 82 valence electrons. The standard InChI is InChI=1S/C11H23N3/c1-14-9-4-10(13)11(6-7-11)5-2-3-8-12/h13-14H,2-9,12H2,1H3. The monoisotopic (exact) mass is 197 g/mol. The van der Waals surface area contributed by atoms with Gasteiger partial charge in [-0.05, 0) is 45.7 Å². The molecule has 1 fully saturated rings. The zero-order chi connectivity index (χ0) is 10.4. The molecule has 1 saturated carbocycles. The Morgan fingerprint density at radius 2 is 2.14 bits per heavy atom. The minimum atomic E-state index is 0.298. The van der Waals surface area contributed by atoms with Crippen LogP contribution in [0.2, 0.25) is 0 Å². The summed E-state index contributed by atoms with van der Waals surface area (Å²) in [6, 6.07) is 0. The number of unbranched alkanes of at least 4 members (excludes halogenated alkanes) is 1. The summed E-state index contributed by atoms with van der Waals surface area (Å²) in [6.07, 6.45) is 6.88. The van der Waals surface area contributed by atoms with Gasteiger partial charge in [0.2, 0.25) is 0 Å². The van der Waals surface area contributed by atoms with Gasteiger partial charge in [0.05, 0.1) is 0 Å². The van der Waals surface area contributed by atoms with Crippen LogP contribution in [0.1, 0.15) is 38.5 Å². The Balaban J connectivity index is 2.23. The van der Waals surface area contributed by atoms with E-state index in [1.54, 1.807) is 0 Å². The number of rotatable bonds is 8. The largest absolute Gasteiger partial charge is 0.330 e. The van der Waals surface area contributed by atoms with Gasteiger partial charge in [-0.1, -0.05) is 6.42 Å². The minimum Gasteiger partial charge on any atom is -0.330 e. The van der Waals surface area contributed by atoms with Gasteiger partial charge in [0.1, 0.15) is 0 Å². The number of nitrogens with one attached hydrogen (secondary N) is 2. The van der Waals surface area contributed by atoms with Crippen molar-refractivity contribution >= 4 is 5.71 Å². The maximum Gasteiger partial charge on any atom is 0.0163 e. The molecule has 0 saturated heterocycles. The maximum atomic E-state index is 8.02. The topological polar surface area (TPSA) is 61.9 Å². The van der Waals surface area contributed by atoms with Crippen LogP contribution in [0.4, 0.5) is 0 Å². The molecule has 3 heteroatoms. The first-order valence-corrected chi connectivity index (χ1v) is 5.68. The van der Waals surface area contributed by atoms with E-state index in [4.69, 9.17) is 11.1 Å². The van der Waals surface area contributed by atoms with E-state index in [0.29, 0.717) is 5.41 Å². The van der Waals surface area contributed by atoms with Crippen molar-refractivity contribution in [1.82, 2.24) is 5.32 Å². The van der Waals surface area contributed by atoms with Crippen molar-refractivity contribution in [3.05, 3.63) is 0 Å². The highest BCUT2D eigenvalue weighted by Gasteiger charge is 2.44. The molecule has 1 aliphatic carbocycles. The molecule has 0 radical (unpaired) electrons. The third-order valence-electron chi connectivity index (χ3n) is 3.23. The van der Waals surface area contributed by atoms with Crippen LogP contribution in [-0.2, 0) is 0 Å². The lowest BCUT2D eigenvalue weighted by Crippen LogP contribution is -2.20. The highest BCUT2D eigenvalue weighted by molar-refractivity contribution is 5.89. The second-order valence-corrected chi connectivity index (χ2v) is 4.36. The van der Waals surface area contributed by atoms with Gasteiger partial charge in [0.15, 0.2) is 0 Å². The molecular formula is C11H23N3. The van der Waals surface area contributed by atoms with E-state index in [0.717, 1.165) is 31.6 Å². The molecular weight excluding hydrogens is 174 g/mol. The lowest BCUT2D eigenvalue weighted by atomic mass is 9.91. The molecule has 14 heavy (non-hydrogen) atoms. The number of nitrogens with two attached hydrogens (primary N) is 1. The maximum absolute atomic E-state index is 8.02. The van der Waals surface area contributed by atoms with Crippen molar-refractivity contribution in [1.29, 1.82) is 5.41 Å². The zero-order valence-corrected chi connectivity index (χ0v) is 9.23. The van der Waals surface area contributed by atoms with Crippen LogP contribution in [0, 0.1) is 10.8 Å². The van der Waals surface area contributed by atoms with Crippen LogP contribution in [0.15, 0.2) is 0 Å². The second kappa shape index (κ2) is 5.47. The average molecular weight is 197 g/mol. The molecule has 0 aromatic rings. The van der Waals surface area contributed by atoms with E-state index in [-0.39, 0.29) is 0 Å². The van der Waals surface area contributed by atoms with E-state index in [2.05, 4.69) is 5.32 Å². The minimum absolute atomic E-state index is 0.298. The van der Waals surface area contributed by atoms with E-state index in [1.807, 2.05) is 7.05 Å². The summed E-state index contributed by atoms with van der Waals surface area (Å²) in [4.78, 5) is 0. The highest BCUT2D eigenvalue weighted by atomic mass is 14.8. The molecule has 1 aliphatic rings. The molecule has 0 atom stereocenters. The molecule has 0 aliphatic heterocycles. The van der Waals surface area contributed by atoms with Crippen molar-refractivity contribution in [3.63, 3.8) is 0 Å². The first kappa shape index (κ1) is 11.7. The van der Waals surface area contributed by atoms with Crippen molar-refractivity contribution in [2.24, 2.45) is 11.1 Å². The van der Waals surface area contributed by atoms with Crippen LogP contribution in [0.5, 0.6) is 0 Å². The van der Waals surface area contributed by atoms with Gasteiger partial charge in [-0.2, -0.15) is 0 Å². The molecule has 1 rings (SSSR count). The Kier molecular flexibility index (Phi) is 4.55. The average Bonchev–Trinajstić information content (AvgIpc) is 2.96. The Morgan fingerprint density at radius 3 is 2.64 bits per heavy atom. The van der Waals surface area contributed by atoms with Crippen molar-refractivity contribution < 1.29 is 0 Å². The SMILES string of the molecule is CNCCC(=N)C1(CCCCN)CC1. The van der Waals surface area contributed by atoms with Crippen molar-refractivity contribution in [3.8, 4) is 0 Å². The van der Waals surface area contributed by atoms with Gasteiger partial charge in [-0.15, -0.1) is 0 Å². The second-order valence-electron chi connectivity index (χ2n) is 4.36. The summed E-state index contributed by atoms with van der Waals surface area (Å²) in [5.41, 5.74) is 6.73. The summed E-state index contributed by atoms with van der Waals surface area (Å²) in [5.74, 6) is 0. The molecule has 3 nitrogen and oxygen atoms in total. The van der Waals surface area contributed by atoms with Gasteiger partial charge in [-0.3, -0.25) is 0 Å². The fourth-order valence-corrected chi connectivity index (χ4v) is 1.98. The number of hydrogen-bond acceptors (Lipinski definition) is 3. The molecule has 0 aromatic heterocycles. The Morgan fingerprint density at radius 1 is 1.43 bits per heavy atom. The fraction of sp³-hybridized carbons (Fsp3) is 0.909. The fourth-order valence-electron chi connectivity index (χ4n) is 1.98. The molecule has 0 spiro atoms. The van der Waals surface area contributed by atoms with Gasteiger partial charge >= 0.3 is 0 Å². The summed E-state index contributed by atoms with van der Waals surface area (Å²) >= 11 is 0. The summed E-state index contributed by atoms with van der Waals surface area (Å²) in [5, 5.41) is 11.1. The molecule has 0 unspecified atom stereocenters. The summed E-state index contributed by atoms with van der Waals surface area (Å²) < 4.78 is 0. The van der Waals surface area contributed by atoms with Crippen LogP contribution in [0.3, 0.4) is 0 Å². The van der Waals surface area contributed by atoms with E-state index >= 15 is 0 Å². The first-order valence-electron chi connectivity index (χ1n) is 5.68. The molecule has 0 bridgehead atoms. The smallest absolute Gasteiger partial charge is 0.0163 e. The van der Waals surface area contributed by atoms with Gasteiger partial charge in [-0.25, -0.2) is 0 Å². The predicted octanol–water partition coefficient (Wildman–Crippen LogP) is 1.52. The number of hydrogen-bond donors (Lipinski definition) is 3. The molecule has 4 N–H and O–H groups in total. The van der Waals surface area contributed by atoms with Crippen LogP contribution in [0.25, 0.3) is 0 Å². The third-order valence-corrected chi connectivity index (χ3v) is 3.23. The van der Waals surface area contributed by atoms with E-state index in [1.165, 1.54) is 25.7 Å². The molecule has 0 heterocycles. The van der Waals surface area contributed by atoms with E-state index < -0.39 is 0 Å². The Hall–Kier alpha value is -0.410. The normalized spacial score (nSPS) is 18.1. The summed E-state index contributed by atoms with van der Waals surface area (Å²) in [7, 11) is 1.95. The highest BCUT2D eigenvalue weighted by Crippen LogP contribution is 2.51. The van der Waals surface area contributed by atoms with Gasteiger partial charge in [0, 0.05) is 17.7 Å². The van der Waals surface area contributed by atoms with E-state index in [9.17, 15) is 0 Å². The lowest BCUT2D eigenvalue weighted by Gasteiger charge is -2.16. The van der Waals surface area contributed by atoms with Crippen LogP contribution >= 0.6 is 0 Å². The third kappa shape index (κ3) is 3.07. The van der Waals surface area contributed by atoms with Gasteiger partial charge in [0.25, 0.3) is 0 Å². The quantitative estimate of drug-likeness (QED) is 0.408. The van der Waals surface area contributed by atoms with Gasteiger partial charge < -0.3 is 16.5 Å². The van der Waals surface area contributed by atoms with Crippen LogP contribution < -0.4 is 11.1 Å². The Bertz CT molecular complexity index is 185. The molecule has 0 amide bonds. The van der Waals surface area contributed by atoms with Crippen LogP contribution in [-0.4, -0.2) is 25.8 Å². The zero-order valence-electron chi connectivity index (χ0n) is 9.23. The molecule has 0 aromatic carbocycles.